The van der Waals surface area contributed by atoms with E-state index < -0.39 is 0 Å². The predicted molar refractivity (Wildman–Crippen MR) is 39.7 cm³/mol. The second-order valence-corrected chi connectivity index (χ2v) is 2.41. The molecule has 0 aliphatic carbocycles. The van der Waals surface area contributed by atoms with Crippen LogP contribution < -0.4 is 5.73 Å². The summed E-state index contributed by atoms with van der Waals surface area (Å²) >= 11 is 0. The largest absolute Gasteiger partial charge is 0.382 e. The molecule has 0 aromatic heterocycles. The minimum absolute atomic E-state index is 0.0463. The van der Waals surface area contributed by atoms with E-state index in [2.05, 4.69) is 0 Å². The van der Waals surface area contributed by atoms with Crippen LogP contribution in [0.1, 0.15) is 13.3 Å². The van der Waals surface area contributed by atoms with Gasteiger partial charge in [-0.25, -0.2) is 0 Å². The monoisotopic (exact) mass is 145 g/mol. The molecule has 0 aromatic carbocycles. The molecular weight excluding hydrogens is 130 g/mol. The maximum Gasteiger partial charge on any atom is 0.124 e. The fourth-order valence-corrected chi connectivity index (χ4v) is 0.730. The van der Waals surface area contributed by atoms with Gasteiger partial charge in [-0.15, -0.1) is 0 Å². The van der Waals surface area contributed by atoms with Crippen molar-refractivity contribution in [2.45, 2.75) is 19.4 Å². The summed E-state index contributed by atoms with van der Waals surface area (Å²) in [5, 5.41) is 0. The number of rotatable bonds is 5. The van der Waals surface area contributed by atoms with Crippen LogP contribution in [0.3, 0.4) is 0 Å². The zero-order chi connectivity index (χ0) is 7.98. The van der Waals surface area contributed by atoms with Crippen molar-refractivity contribution < 1.29 is 9.53 Å². The molecular formula is C7H15NO2. The Morgan fingerprint density at radius 1 is 1.70 bits per heavy atom. The van der Waals surface area contributed by atoms with Crippen molar-refractivity contribution in [3.63, 3.8) is 0 Å². The Bertz CT molecular complexity index is 95.6. The number of ether oxygens (including phenoxy) is 1. The van der Waals surface area contributed by atoms with Crippen LogP contribution in [0.15, 0.2) is 0 Å². The van der Waals surface area contributed by atoms with Crippen LogP contribution in [0.4, 0.5) is 0 Å². The van der Waals surface area contributed by atoms with E-state index in [9.17, 15) is 4.79 Å². The van der Waals surface area contributed by atoms with Crippen molar-refractivity contribution >= 4 is 6.29 Å². The lowest BCUT2D eigenvalue weighted by atomic mass is 10.0. The van der Waals surface area contributed by atoms with Crippen molar-refractivity contribution in [2.75, 3.05) is 13.7 Å². The molecule has 0 spiro atoms. The van der Waals surface area contributed by atoms with Crippen LogP contribution in [0.25, 0.3) is 0 Å². The molecule has 0 saturated heterocycles. The maximum absolute atomic E-state index is 10.3. The van der Waals surface area contributed by atoms with Gasteiger partial charge in [-0.3, -0.25) is 0 Å². The average Bonchev–Trinajstić information content (AvgIpc) is 1.99. The Balaban J connectivity index is 3.51. The first kappa shape index (κ1) is 9.59. The first-order chi connectivity index (χ1) is 4.74. The molecule has 60 valence electrons. The van der Waals surface area contributed by atoms with E-state index in [0.29, 0.717) is 6.54 Å². The summed E-state index contributed by atoms with van der Waals surface area (Å²) in [6, 6.07) is 0. The summed E-state index contributed by atoms with van der Waals surface area (Å²) < 4.78 is 4.97. The Morgan fingerprint density at radius 3 is 2.60 bits per heavy atom. The predicted octanol–water partition coefficient (Wildman–Crippen LogP) is 0.185. The van der Waals surface area contributed by atoms with E-state index >= 15 is 0 Å². The smallest absolute Gasteiger partial charge is 0.124 e. The molecule has 0 saturated carbocycles. The molecule has 2 N–H and O–H groups in total. The fourth-order valence-electron chi connectivity index (χ4n) is 0.730. The lowest BCUT2D eigenvalue weighted by molar-refractivity contribution is -0.111. The van der Waals surface area contributed by atoms with Crippen LogP contribution in [-0.4, -0.2) is 26.0 Å². The van der Waals surface area contributed by atoms with E-state index in [1.54, 1.807) is 7.11 Å². The summed E-state index contributed by atoms with van der Waals surface area (Å²) in [5.74, 6) is -0.0463. The van der Waals surface area contributed by atoms with Gasteiger partial charge in [0, 0.05) is 19.6 Å². The number of carbonyl (C=O) groups excluding carboxylic acids is 1. The minimum atomic E-state index is -0.0463. The number of aldehydes is 1. The lowest BCUT2D eigenvalue weighted by Crippen LogP contribution is -2.21. The fraction of sp³-hybridized carbons (Fsp3) is 0.857. The Labute approximate surface area is 61.5 Å². The van der Waals surface area contributed by atoms with E-state index in [1.165, 1.54) is 0 Å². The molecule has 3 heteroatoms. The second kappa shape index (κ2) is 5.38. The van der Waals surface area contributed by atoms with Crippen LogP contribution in [0, 0.1) is 5.92 Å². The first-order valence-corrected chi connectivity index (χ1v) is 3.42. The number of hydrogen-bond acceptors (Lipinski definition) is 3. The van der Waals surface area contributed by atoms with Gasteiger partial charge in [-0.05, 0) is 13.3 Å². The SMILES string of the molecule is COC(C)CC(C=O)CN. The van der Waals surface area contributed by atoms with Crippen molar-refractivity contribution in [3.8, 4) is 0 Å². The van der Waals surface area contributed by atoms with Crippen LogP contribution in [0.5, 0.6) is 0 Å². The molecule has 0 aromatic rings. The molecule has 0 fully saturated rings. The van der Waals surface area contributed by atoms with Crippen molar-refractivity contribution in [1.82, 2.24) is 0 Å². The highest BCUT2D eigenvalue weighted by Gasteiger charge is 2.08. The minimum Gasteiger partial charge on any atom is -0.382 e. The number of nitrogens with two attached hydrogens (primary N) is 1. The third-order valence-corrected chi connectivity index (χ3v) is 1.53. The molecule has 0 bridgehead atoms. The molecule has 0 aliphatic rings. The zero-order valence-electron chi connectivity index (χ0n) is 6.54. The van der Waals surface area contributed by atoms with Crippen molar-refractivity contribution in [2.24, 2.45) is 11.7 Å². The van der Waals surface area contributed by atoms with Crippen molar-refractivity contribution in [1.29, 1.82) is 0 Å². The van der Waals surface area contributed by atoms with Gasteiger partial charge in [-0.1, -0.05) is 0 Å². The summed E-state index contributed by atoms with van der Waals surface area (Å²) in [5.41, 5.74) is 5.30. The van der Waals surface area contributed by atoms with Gasteiger partial charge >= 0.3 is 0 Å². The van der Waals surface area contributed by atoms with Crippen molar-refractivity contribution in [3.05, 3.63) is 0 Å². The average molecular weight is 145 g/mol. The van der Waals surface area contributed by atoms with Gasteiger partial charge in [0.1, 0.15) is 6.29 Å². The zero-order valence-corrected chi connectivity index (χ0v) is 6.54. The molecule has 10 heavy (non-hydrogen) atoms. The van der Waals surface area contributed by atoms with Gasteiger partial charge < -0.3 is 15.3 Å². The summed E-state index contributed by atoms with van der Waals surface area (Å²) in [4.78, 5) is 10.3. The number of hydrogen-bond donors (Lipinski definition) is 1. The first-order valence-electron chi connectivity index (χ1n) is 3.42. The topological polar surface area (TPSA) is 52.3 Å². The highest BCUT2D eigenvalue weighted by Crippen LogP contribution is 2.03. The third-order valence-electron chi connectivity index (χ3n) is 1.53. The Hall–Kier alpha value is -0.410. The second-order valence-electron chi connectivity index (χ2n) is 2.41. The standard InChI is InChI=1S/C7H15NO2/c1-6(10-2)3-7(4-8)5-9/h5-7H,3-4,8H2,1-2H3. The Kier molecular flexibility index (Phi) is 5.16. The number of carbonyl (C=O) groups is 1. The third kappa shape index (κ3) is 3.58. The van der Waals surface area contributed by atoms with E-state index in [0.717, 1.165) is 12.7 Å². The van der Waals surface area contributed by atoms with Gasteiger partial charge in [-0.2, -0.15) is 0 Å². The van der Waals surface area contributed by atoms with Gasteiger partial charge in [0.2, 0.25) is 0 Å². The van der Waals surface area contributed by atoms with E-state index in [4.69, 9.17) is 10.5 Å². The highest BCUT2D eigenvalue weighted by atomic mass is 16.5. The van der Waals surface area contributed by atoms with Crippen LogP contribution in [-0.2, 0) is 9.53 Å². The molecule has 0 radical (unpaired) electrons. The Morgan fingerprint density at radius 2 is 2.30 bits per heavy atom. The highest BCUT2D eigenvalue weighted by molar-refractivity contribution is 5.53. The molecule has 0 amide bonds. The maximum atomic E-state index is 10.3. The summed E-state index contributed by atoms with van der Waals surface area (Å²) in [6.07, 6.45) is 1.73. The lowest BCUT2D eigenvalue weighted by Gasteiger charge is -2.12. The van der Waals surface area contributed by atoms with Gasteiger partial charge in [0.25, 0.3) is 0 Å². The normalized spacial score (nSPS) is 16.3. The molecule has 0 aliphatic heterocycles. The van der Waals surface area contributed by atoms with Crippen LogP contribution in [0.2, 0.25) is 0 Å². The van der Waals surface area contributed by atoms with Gasteiger partial charge in [0.15, 0.2) is 0 Å². The van der Waals surface area contributed by atoms with Crippen LogP contribution >= 0.6 is 0 Å². The molecule has 2 unspecified atom stereocenters. The molecule has 2 atom stereocenters. The molecule has 0 rings (SSSR count). The summed E-state index contributed by atoms with van der Waals surface area (Å²) in [7, 11) is 1.63. The van der Waals surface area contributed by atoms with E-state index in [1.807, 2.05) is 6.92 Å². The van der Waals surface area contributed by atoms with E-state index in [-0.39, 0.29) is 12.0 Å². The molecule has 3 nitrogen and oxygen atoms in total. The quantitative estimate of drug-likeness (QED) is 0.562. The van der Waals surface area contributed by atoms with Gasteiger partial charge in [0.05, 0.1) is 6.10 Å². The number of methoxy groups -OCH3 is 1. The summed E-state index contributed by atoms with van der Waals surface area (Å²) in [6.45, 7) is 2.34. The molecule has 0 heterocycles.